The van der Waals surface area contributed by atoms with Gasteiger partial charge in [0.2, 0.25) is 10.0 Å². The molecular formula is C23H32N2O4S. The van der Waals surface area contributed by atoms with Gasteiger partial charge in [0.05, 0.1) is 18.1 Å². The topological polar surface area (TPSA) is 67.9 Å². The third-order valence-corrected chi connectivity index (χ3v) is 6.73. The highest BCUT2D eigenvalue weighted by Gasteiger charge is 2.22. The lowest BCUT2D eigenvalue weighted by atomic mass is 9.98. The highest BCUT2D eigenvalue weighted by atomic mass is 32.2. The van der Waals surface area contributed by atoms with E-state index in [0.717, 1.165) is 43.8 Å². The molecule has 0 spiro atoms. The van der Waals surface area contributed by atoms with Crippen LogP contribution in [0.15, 0.2) is 59.5 Å². The summed E-state index contributed by atoms with van der Waals surface area (Å²) in [4.78, 5) is 2.68. The lowest BCUT2D eigenvalue weighted by Gasteiger charge is -2.32. The Hall–Kier alpha value is -1.93. The lowest BCUT2D eigenvalue weighted by molar-refractivity contribution is 0.0677. The summed E-state index contributed by atoms with van der Waals surface area (Å²) in [6.45, 7) is 6.94. The van der Waals surface area contributed by atoms with E-state index in [9.17, 15) is 8.42 Å². The van der Waals surface area contributed by atoms with Gasteiger partial charge in [0, 0.05) is 19.6 Å². The van der Waals surface area contributed by atoms with E-state index in [1.165, 1.54) is 0 Å². The van der Waals surface area contributed by atoms with Gasteiger partial charge in [-0.1, -0.05) is 35.9 Å². The van der Waals surface area contributed by atoms with Crippen molar-refractivity contribution in [1.82, 2.24) is 9.62 Å². The molecular weight excluding hydrogens is 400 g/mol. The summed E-state index contributed by atoms with van der Waals surface area (Å²) in [5.41, 5.74) is 1.05. The summed E-state index contributed by atoms with van der Waals surface area (Å²) in [7, 11) is -3.45. The second-order valence-corrected chi connectivity index (χ2v) is 9.51. The van der Waals surface area contributed by atoms with Crippen LogP contribution in [0.2, 0.25) is 0 Å². The molecule has 1 unspecified atom stereocenters. The first-order chi connectivity index (χ1) is 14.5. The number of hydrogen-bond donors (Lipinski definition) is 1. The van der Waals surface area contributed by atoms with Crippen molar-refractivity contribution in [2.75, 3.05) is 46.0 Å². The third kappa shape index (κ3) is 7.40. The normalized spacial score (nSPS) is 17.7. The summed E-state index contributed by atoms with van der Waals surface area (Å²) >= 11 is 0. The third-order valence-electron chi connectivity index (χ3n) is 5.29. The number of rotatable bonds is 11. The summed E-state index contributed by atoms with van der Waals surface area (Å²) in [5.74, 6) is 1.17. The molecule has 6 nitrogen and oxygen atoms in total. The van der Waals surface area contributed by atoms with Crippen molar-refractivity contribution in [3.63, 3.8) is 0 Å². The predicted molar refractivity (Wildman–Crippen MR) is 118 cm³/mol. The average Bonchev–Trinajstić information content (AvgIpc) is 2.76. The van der Waals surface area contributed by atoms with Gasteiger partial charge in [-0.15, -0.1) is 0 Å². The van der Waals surface area contributed by atoms with E-state index >= 15 is 0 Å². The molecule has 1 N–H and O–H groups in total. The van der Waals surface area contributed by atoms with E-state index in [2.05, 4.69) is 9.62 Å². The van der Waals surface area contributed by atoms with Gasteiger partial charge in [-0.3, -0.25) is 0 Å². The second kappa shape index (κ2) is 11.5. The first-order valence-electron chi connectivity index (χ1n) is 10.6. The Kier molecular flexibility index (Phi) is 8.69. The average molecular weight is 433 g/mol. The number of likely N-dealkylation sites (tertiary alicyclic amines) is 1. The van der Waals surface area contributed by atoms with Crippen LogP contribution in [-0.2, 0) is 14.8 Å². The molecule has 7 heteroatoms. The summed E-state index contributed by atoms with van der Waals surface area (Å²) < 4.78 is 39.1. The largest absolute Gasteiger partial charge is 0.491 e. The summed E-state index contributed by atoms with van der Waals surface area (Å²) in [6, 6.07) is 16.7. The van der Waals surface area contributed by atoms with E-state index in [0.29, 0.717) is 37.2 Å². The molecule has 0 aromatic heterocycles. The van der Waals surface area contributed by atoms with Gasteiger partial charge in [-0.2, -0.15) is 0 Å². The van der Waals surface area contributed by atoms with Crippen molar-refractivity contribution in [3.8, 4) is 5.75 Å². The SMILES string of the molecule is Cc1ccc(S(=O)(=O)NCC2CCCN(CCOCCOc3ccccc3)C2)cc1. The van der Waals surface area contributed by atoms with Crippen molar-refractivity contribution >= 4 is 10.0 Å². The van der Waals surface area contributed by atoms with E-state index in [-0.39, 0.29) is 0 Å². The summed E-state index contributed by atoms with van der Waals surface area (Å²) in [5, 5.41) is 0. The van der Waals surface area contributed by atoms with Crippen molar-refractivity contribution in [1.29, 1.82) is 0 Å². The van der Waals surface area contributed by atoms with E-state index in [4.69, 9.17) is 9.47 Å². The van der Waals surface area contributed by atoms with E-state index < -0.39 is 10.0 Å². The molecule has 1 atom stereocenters. The molecule has 1 saturated heterocycles. The van der Waals surface area contributed by atoms with Crippen LogP contribution in [0.25, 0.3) is 0 Å². The van der Waals surface area contributed by atoms with Crippen LogP contribution in [0, 0.1) is 12.8 Å². The molecule has 3 rings (SSSR count). The van der Waals surface area contributed by atoms with E-state index in [1.54, 1.807) is 12.1 Å². The van der Waals surface area contributed by atoms with Gasteiger partial charge < -0.3 is 14.4 Å². The highest BCUT2D eigenvalue weighted by molar-refractivity contribution is 7.89. The van der Waals surface area contributed by atoms with Gasteiger partial charge in [-0.05, 0) is 56.5 Å². The zero-order valence-electron chi connectivity index (χ0n) is 17.6. The zero-order valence-corrected chi connectivity index (χ0v) is 18.4. The number of hydrogen-bond acceptors (Lipinski definition) is 5. The maximum Gasteiger partial charge on any atom is 0.240 e. The van der Waals surface area contributed by atoms with Gasteiger partial charge in [-0.25, -0.2) is 13.1 Å². The molecule has 0 radical (unpaired) electrons. The number of ether oxygens (including phenoxy) is 2. The summed E-state index contributed by atoms with van der Waals surface area (Å²) in [6.07, 6.45) is 2.12. The maximum atomic E-state index is 12.5. The Morgan fingerprint density at radius 3 is 2.57 bits per heavy atom. The van der Waals surface area contributed by atoms with Gasteiger partial charge in [0.25, 0.3) is 0 Å². The van der Waals surface area contributed by atoms with Crippen LogP contribution in [0.3, 0.4) is 0 Å². The predicted octanol–water partition coefficient (Wildman–Crippen LogP) is 3.08. The van der Waals surface area contributed by atoms with Gasteiger partial charge in [0.15, 0.2) is 0 Å². The number of aryl methyl sites for hydroxylation is 1. The number of para-hydroxylation sites is 1. The fourth-order valence-corrected chi connectivity index (χ4v) is 4.70. The fourth-order valence-electron chi connectivity index (χ4n) is 3.58. The molecule has 0 amide bonds. The number of sulfonamides is 1. The Bertz CT molecular complexity index is 857. The Balaban J connectivity index is 1.32. The maximum absolute atomic E-state index is 12.5. The number of piperidine rings is 1. The molecule has 1 aliphatic heterocycles. The highest BCUT2D eigenvalue weighted by Crippen LogP contribution is 2.17. The van der Waals surface area contributed by atoms with Crippen LogP contribution < -0.4 is 9.46 Å². The zero-order chi connectivity index (χ0) is 21.2. The van der Waals surface area contributed by atoms with E-state index in [1.807, 2.05) is 49.4 Å². The van der Waals surface area contributed by atoms with Crippen LogP contribution in [0.5, 0.6) is 5.75 Å². The first-order valence-corrected chi connectivity index (χ1v) is 12.1. The van der Waals surface area contributed by atoms with Crippen molar-refractivity contribution in [2.24, 2.45) is 5.92 Å². The van der Waals surface area contributed by atoms with Crippen molar-refractivity contribution < 1.29 is 17.9 Å². The van der Waals surface area contributed by atoms with Crippen LogP contribution >= 0.6 is 0 Å². The molecule has 0 saturated carbocycles. The minimum absolute atomic E-state index is 0.320. The Morgan fingerprint density at radius 1 is 1.03 bits per heavy atom. The standard InChI is InChI=1S/C23H32N2O4S/c1-20-9-11-23(12-10-20)30(26,27)24-18-21-6-5-13-25(19-21)14-15-28-16-17-29-22-7-3-2-4-8-22/h2-4,7-12,21,24H,5-6,13-19H2,1H3. The molecule has 0 bridgehead atoms. The smallest absolute Gasteiger partial charge is 0.240 e. The van der Waals surface area contributed by atoms with Crippen LogP contribution in [0.1, 0.15) is 18.4 Å². The molecule has 0 aliphatic carbocycles. The first kappa shape index (κ1) is 22.7. The minimum Gasteiger partial charge on any atom is -0.491 e. The second-order valence-electron chi connectivity index (χ2n) is 7.75. The molecule has 164 valence electrons. The van der Waals surface area contributed by atoms with Crippen LogP contribution in [-0.4, -0.2) is 59.3 Å². The quantitative estimate of drug-likeness (QED) is 0.553. The Labute approximate surface area is 180 Å². The van der Waals surface area contributed by atoms with Crippen molar-refractivity contribution in [3.05, 3.63) is 60.2 Å². The number of nitrogens with one attached hydrogen (secondary N) is 1. The molecule has 2 aromatic rings. The lowest BCUT2D eigenvalue weighted by Crippen LogP contribution is -2.42. The van der Waals surface area contributed by atoms with Gasteiger partial charge in [0.1, 0.15) is 12.4 Å². The fraction of sp³-hybridized carbons (Fsp3) is 0.478. The molecule has 1 fully saturated rings. The van der Waals surface area contributed by atoms with Gasteiger partial charge >= 0.3 is 0 Å². The monoisotopic (exact) mass is 432 g/mol. The number of benzene rings is 2. The number of nitrogens with zero attached hydrogens (tertiary/aromatic N) is 1. The molecule has 2 aromatic carbocycles. The molecule has 1 heterocycles. The van der Waals surface area contributed by atoms with Crippen molar-refractivity contribution in [2.45, 2.75) is 24.7 Å². The van der Waals surface area contributed by atoms with Crippen LogP contribution in [0.4, 0.5) is 0 Å². The molecule has 30 heavy (non-hydrogen) atoms. The molecule has 1 aliphatic rings. The Morgan fingerprint density at radius 2 is 1.80 bits per heavy atom. The minimum atomic E-state index is -3.45.